The summed E-state index contributed by atoms with van der Waals surface area (Å²) < 4.78 is 6.47. The third-order valence-electron chi connectivity index (χ3n) is 4.02. The van der Waals surface area contributed by atoms with E-state index in [0.29, 0.717) is 5.82 Å². The van der Waals surface area contributed by atoms with Crippen molar-refractivity contribution in [2.75, 3.05) is 6.61 Å². The first-order valence-electron chi connectivity index (χ1n) is 6.25. The number of nitrogens with zero attached hydrogens (tertiary/aromatic N) is 4. The molecule has 0 radical (unpaired) electrons. The number of ether oxygens (including phenoxy) is 1. The number of carbonyl (C=O) groups excluding carboxylic acids is 2. The Labute approximate surface area is 114 Å². The van der Waals surface area contributed by atoms with Crippen LogP contribution < -0.4 is 0 Å². The molecule has 1 aromatic heterocycles. The first-order valence-corrected chi connectivity index (χ1v) is 6.25. The largest absolute Gasteiger partial charge is 0.464 e. The maximum atomic E-state index is 12.4. The van der Waals surface area contributed by atoms with Gasteiger partial charge in [0.15, 0.2) is 11.4 Å². The molecule has 3 rings (SSSR count). The molecule has 2 heterocycles. The normalized spacial score (nSPS) is 29.1. The van der Waals surface area contributed by atoms with Crippen LogP contribution in [0.25, 0.3) is 0 Å². The minimum absolute atomic E-state index is 0.158. The molecular weight excluding hydrogens is 260 g/mol. The summed E-state index contributed by atoms with van der Waals surface area (Å²) in [5, 5.41) is 13.1. The first-order chi connectivity index (χ1) is 9.53. The minimum atomic E-state index is -1.18. The molecule has 20 heavy (non-hydrogen) atoms. The van der Waals surface area contributed by atoms with Crippen molar-refractivity contribution in [3.63, 3.8) is 0 Å². The molecule has 7 heteroatoms. The molecule has 7 nitrogen and oxygen atoms in total. The zero-order valence-electron chi connectivity index (χ0n) is 11.1. The molecule has 102 valence electrons. The van der Waals surface area contributed by atoms with Gasteiger partial charge in [-0.3, -0.25) is 4.79 Å². The number of rotatable bonds is 3. The van der Waals surface area contributed by atoms with Gasteiger partial charge in [0, 0.05) is 12.6 Å². The van der Waals surface area contributed by atoms with Gasteiger partial charge in [-0.2, -0.15) is 10.4 Å². The van der Waals surface area contributed by atoms with Crippen LogP contribution in [-0.2, 0) is 19.9 Å². The maximum Gasteiger partial charge on any atom is 0.335 e. The predicted molar refractivity (Wildman–Crippen MR) is 67.4 cm³/mol. The molecule has 1 aliphatic heterocycles. The van der Waals surface area contributed by atoms with Crippen LogP contribution in [0.3, 0.4) is 0 Å². The number of hydrogen-bond donors (Lipinski definition) is 0. The van der Waals surface area contributed by atoms with E-state index in [1.54, 1.807) is 6.92 Å². The number of aliphatic imine (C=N–C) groups is 1. The van der Waals surface area contributed by atoms with Crippen LogP contribution >= 0.6 is 0 Å². The summed E-state index contributed by atoms with van der Waals surface area (Å²) in [5.74, 6) is -0.362. The smallest absolute Gasteiger partial charge is 0.335 e. The lowest BCUT2D eigenvalue weighted by atomic mass is 9.95. The van der Waals surface area contributed by atoms with E-state index >= 15 is 0 Å². The molecule has 1 saturated carbocycles. The van der Waals surface area contributed by atoms with Gasteiger partial charge in [0.2, 0.25) is 0 Å². The summed E-state index contributed by atoms with van der Waals surface area (Å²) in [6.45, 7) is 3.34. The molecule has 0 aromatic carbocycles. The van der Waals surface area contributed by atoms with Crippen molar-refractivity contribution in [2.45, 2.75) is 25.8 Å². The Morgan fingerprint density at radius 2 is 2.35 bits per heavy atom. The van der Waals surface area contributed by atoms with Gasteiger partial charge < -0.3 is 4.74 Å². The Morgan fingerprint density at radius 3 is 2.95 bits per heavy atom. The number of Topliss-reactive ketones (excluding diaryl/α,β-unsaturated/α-hetero) is 1. The average Bonchev–Trinajstić information content (AvgIpc) is 2.99. The van der Waals surface area contributed by atoms with Crippen LogP contribution in [0.4, 0.5) is 5.82 Å². The Hall–Kier alpha value is -2.49. The van der Waals surface area contributed by atoms with Crippen LogP contribution in [0.5, 0.6) is 0 Å². The van der Waals surface area contributed by atoms with E-state index in [4.69, 9.17) is 10.00 Å². The molecule has 1 aromatic rings. The molecule has 1 aliphatic carbocycles. The molecule has 0 saturated heterocycles. The molecule has 0 N–H and O–H groups in total. The third-order valence-corrected chi connectivity index (χ3v) is 4.02. The van der Waals surface area contributed by atoms with Crippen molar-refractivity contribution >= 4 is 23.8 Å². The second-order valence-electron chi connectivity index (χ2n) is 4.95. The summed E-state index contributed by atoms with van der Waals surface area (Å²) >= 11 is 0. The Balaban J connectivity index is 2.19. The lowest BCUT2D eigenvalue weighted by Crippen LogP contribution is -2.41. The predicted octanol–water partition coefficient (Wildman–Crippen LogP) is 0.708. The number of carbonyl (C=O) groups is 2. The van der Waals surface area contributed by atoms with Crippen LogP contribution in [0.2, 0.25) is 0 Å². The van der Waals surface area contributed by atoms with Crippen molar-refractivity contribution in [3.05, 3.63) is 11.8 Å². The van der Waals surface area contributed by atoms with Gasteiger partial charge in [0.05, 0.1) is 12.8 Å². The number of ketones is 1. The minimum Gasteiger partial charge on any atom is -0.464 e. The van der Waals surface area contributed by atoms with Crippen molar-refractivity contribution in [3.8, 4) is 6.07 Å². The number of fused-ring (bicyclic) bond motifs is 3. The molecule has 1 fully saturated rings. The van der Waals surface area contributed by atoms with Crippen molar-refractivity contribution in [1.82, 2.24) is 9.78 Å². The highest BCUT2D eigenvalue weighted by Crippen LogP contribution is 2.64. The zero-order chi connectivity index (χ0) is 14.5. The number of aromatic nitrogens is 2. The SMILES string of the molecule is CCOC(=O)C12CC1(C(C)=O)C=Nc1c(C#N)cnn12. The van der Waals surface area contributed by atoms with Gasteiger partial charge in [0.25, 0.3) is 0 Å². The van der Waals surface area contributed by atoms with E-state index in [1.165, 1.54) is 24.0 Å². The lowest BCUT2D eigenvalue weighted by Gasteiger charge is -2.24. The van der Waals surface area contributed by atoms with Crippen LogP contribution in [0.1, 0.15) is 25.8 Å². The topological polar surface area (TPSA) is 97.3 Å². The quantitative estimate of drug-likeness (QED) is 0.755. The highest BCUT2D eigenvalue weighted by Gasteiger charge is 2.79. The standard InChI is InChI=1S/C13H12N4O3/c1-3-20-11(19)13-6-12(13,8(2)18)7-15-10-9(4-14)5-16-17(10)13/h5,7H,3,6H2,1-2H3. The van der Waals surface area contributed by atoms with E-state index in [2.05, 4.69) is 10.1 Å². The van der Waals surface area contributed by atoms with E-state index in [0.717, 1.165) is 0 Å². The molecule has 0 amide bonds. The second-order valence-corrected chi connectivity index (χ2v) is 4.95. The number of nitriles is 1. The van der Waals surface area contributed by atoms with E-state index in [1.807, 2.05) is 6.07 Å². The average molecular weight is 272 g/mol. The Bertz CT molecular complexity index is 699. The number of hydrogen-bond acceptors (Lipinski definition) is 6. The fraction of sp³-hybridized carbons (Fsp3) is 0.462. The summed E-state index contributed by atoms with van der Waals surface area (Å²) in [6, 6.07) is 1.97. The molecule has 2 atom stereocenters. The van der Waals surface area contributed by atoms with Gasteiger partial charge in [-0.1, -0.05) is 0 Å². The Morgan fingerprint density at radius 1 is 1.60 bits per heavy atom. The van der Waals surface area contributed by atoms with E-state index < -0.39 is 16.9 Å². The van der Waals surface area contributed by atoms with Gasteiger partial charge in [-0.25, -0.2) is 14.5 Å². The van der Waals surface area contributed by atoms with Gasteiger partial charge in [-0.05, 0) is 13.8 Å². The van der Waals surface area contributed by atoms with Gasteiger partial charge in [-0.15, -0.1) is 0 Å². The fourth-order valence-corrected chi connectivity index (χ4v) is 2.87. The number of esters is 1. The van der Waals surface area contributed by atoms with Gasteiger partial charge >= 0.3 is 5.97 Å². The molecule has 0 spiro atoms. The van der Waals surface area contributed by atoms with E-state index in [-0.39, 0.29) is 24.4 Å². The Kier molecular flexibility index (Phi) is 2.36. The molecule has 2 unspecified atom stereocenters. The van der Waals surface area contributed by atoms with Crippen LogP contribution in [0, 0.1) is 16.7 Å². The van der Waals surface area contributed by atoms with Crippen LogP contribution in [-0.4, -0.2) is 34.4 Å². The third kappa shape index (κ3) is 1.18. The van der Waals surface area contributed by atoms with Gasteiger partial charge in [0.1, 0.15) is 22.8 Å². The van der Waals surface area contributed by atoms with Crippen molar-refractivity contribution in [1.29, 1.82) is 5.26 Å². The van der Waals surface area contributed by atoms with Crippen LogP contribution in [0.15, 0.2) is 11.2 Å². The molecule has 0 bridgehead atoms. The maximum absolute atomic E-state index is 12.4. The summed E-state index contributed by atoms with van der Waals surface area (Å²) in [7, 11) is 0. The lowest BCUT2D eigenvalue weighted by molar-refractivity contribution is -0.151. The fourth-order valence-electron chi connectivity index (χ4n) is 2.87. The van der Waals surface area contributed by atoms with E-state index in [9.17, 15) is 9.59 Å². The monoisotopic (exact) mass is 272 g/mol. The summed E-state index contributed by atoms with van der Waals surface area (Å²) in [5.41, 5.74) is -1.90. The van der Waals surface area contributed by atoms with Crippen molar-refractivity contribution in [2.24, 2.45) is 10.4 Å². The molecule has 2 aliphatic rings. The highest BCUT2D eigenvalue weighted by molar-refractivity contribution is 6.12. The second kappa shape index (κ2) is 3.76. The van der Waals surface area contributed by atoms with Crippen molar-refractivity contribution < 1.29 is 14.3 Å². The summed E-state index contributed by atoms with van der Waals surface area (Å²) in [6.07, 6.45) is 3.09. The molecular formula is C13H12N4O3. The zero-order valence-corrected chi connectivity index (χ0v) is 11.1. The summed E-state index contributed by atoms with van der Waals surface area (Å²) in [4.78, 5) is 28.5. The first kappa shape index (κ1) is 12.5. The highest BCUT2D eigenvalue weighted by atomic mass is 16.5.